The van der Waals surface area contributed by atoms with Crippen molar-refractivity contribution in [3.63, 3.8) is 0 Å². The van der Waals surface area contributed by atoms with E-state index in [9.17, 15) is 4.79 Å². The Kier molecular flexibility index (Phi) is 7.52. The Hall–Kier alpha value is -0.610. The van der Waals surface area contributed by atoms with Gasteiger partial charge < -0.3 is 15.5 Å². The van der Waals surface area contributed by atoms with Crippen LogP contribution in [-0.4, -0.2) is 55.5 Å². The number of likely N-dealkylation sites (N-methyl/N-ethyl adjacent to an activating group) is 1. The minimum atomic E-state index is 0.333. The molecule has 0 bridgehead atoms. The van der Waals surface area contributed by atoms with Crippen LogP contribution < -0.4 is 5.73 Å². The first kappa shape index (κ1) is 17.4. The topological polar surface area (TPSA) is 49.6 Å². The maximum Gasteiger partial charge on any atom is 0.222 e. The summed E-state index contributed by atoms with van der Waals surface area (Å²) in [6.07, 6.45) is 5.13. The molecule has 3 atom stereocenters. The summed E-state index contributed by atoms with van der Waals surface area (Å²) in [5.74, 6) is 1.53. The largest absolute Gasteiger partial charge is 0.341 e. The second-order valence-electron chi connectivity index (χ2n) is 6.58. The maximum absolute atomic E-state index is 12.3. The first-order valence-corrected chi connectivity index (χ1v) is 8.13. The Morgan fingerprint density at radius 2 is 2.00 bits per heavy atom. The summed E-state index contributed by atoms with van der Waals surface area (Å²) in [5.41, 5.74) is 5.66. The smallest absolute Gasteiger partial charge is 0.222 e. The van der Waals surface area contributed by atoms with Crippen LogP contribution in [0.5, 0.6) is 0 Å². The van der Waals surface area contributed by atoms with Crippen LogP contribution in [0.2, 0.25) is 0 Å². The highest BCUT2D eigenvalue weighted by molar-refractivity contribution is 5.76. The van der Waals surface area contributed by atoms with E-state index in [1.807, 2.05) is 0 Å². The van der Waals surface area contributed by atoms with Gasteiger partial charge in [-0.2, -0.15) is 0 Å². The predicted molar refractivity (Wildman–Crippen MR) is 84.5 cm³/mol. The number of hydrogen-bond acceptors (Lipinski definition) is 3. The lowest BCUT2D eigenvalue weighted by Gasteiger charge is -2.22. The van der Waals surface area contributed by atoms with E-state index >= 15 is 0 Å². The fourth-order valence-electron chi connectivity index (χ4n) is 3.39. The highest BCUT2D eigenvalue weighted by Gasteiger charge is 2.33. The number of carbonyl (C=O) groups excluding carboxylic acids is 1. The molecule has 0 aromatic rings. The van der Waals surface area contributed by atoms with E-state index in [1.165, 1.54) is 12.8 Å². The summed E-state index contributed by atoms with van der Waals surface area (Å²) in [4.78, 5) is 16.6. The summed E-state index contributed by atoms with van der Waals surface area (Å²) in [7, 11) is 4.21. The van der Waals surface area contributed by atoms with Gasteiger partial charge in [0.15, 0.2) is 0 Å². The molecular formula is C16H33N3O. The molecule has 1 saturated heterocycles. The van der Waals surface area contributed by atoms with Gasteiger partial charge in [-0.1, -0.05) is 26.7 Å². The Labute approximate surface area is 124 Å². The van der Waals surface area contributed by atoms with Gasteiger partial charge in [0.25, 0.3) is 0 Å². The number of nitrogens with two attached hydrogens (primary N) is 1. The van der Waals surface area contributed by atoms with Crippen LogP contribution in [0.1, 0.15) is 46.0 Å². The quantitative estimate of drug-likeness (QED) is 0.740. The lowest BCUT2D eigenvalue weighted by molar-refractivity contribution is -0.130. The lowest BCUT2D eigenvalue weighted by Crippen LogP contribution is -2.35. The zero-order chi connectivity index (χ0) is 15.1. The third-order valence-corrected chi connectivity index (χ3v) is 4.63. The number of amides is 1. The zero-order valence-electron chi connectivity index (χ0n) is 13.8. The first-order valence-electron chi connectivity index (χ1n) is 8.13. The van der Waals surface area contributed by atoms with E-state index < -0.39 is 0 Å². The van der Waals surface area contributed by atoms with Crippen LogP contribution in [0.3, 0.4) is 0 Å². The molecule has 0 aromatic heterocycles. The first-order chi connectivity index (χ1) is 9.49. The molecule has 3 unspecified atom stereocenters. The van der Waals surface area contributed by atoms with Gasteiger partial charge in [-0.25, -0.2) is 0 Å². The SMILES string of the molecule is CCCC(CCN)CCC(=O)N1CC(C)C(N(C)C)C1. The van der Waals surface area contributed by atoms with Crippen molar-refractivity contribution in [2.45, 2.75) is 52.0 Å². The minimum Gasteiger partial charge on any atom is -0.341 e. The Morgan fingerprint density at radius 1 is 1.30 bits per heavy atom. The normalized spacial score (nSPS) is 24.4. The van der Waals surface area contributed by atoms with Crippen molar-refractivity contribution < 1.29 is 4.79 Å². The van der Waals surface area contributed by atoms with E-state index in [4.69, 9.17) is 5.73 Å². The Morgan fingerprint density at radius 3 is 2.50 bits per heavy atom. The maximum atomic E-state index is 12.3. The monoisotopic (exact) mass is 283 g/mol. The van der Waals surface area contributed by atoms with Crippen molar-refractivity contribution in [2.75, 3.05) is 33.7 Å². The highest BCUT2D eigenvalue weighted by atomic mass is 16.2. The number of carbonyl (C=O) groups is 1. The Balaban J connectivity index is 2.39. The van der Waals surface area contributed by atoms with Crippen molar-refractivity contribution in [1.29, 1.82) is 0 Å². The van der Waals surface area contributed by atoms with E-state index in [0.29, 0.717) is 30.2 Å². The summed E-state index contributed by atoms with van der Waals surface area (Å²) < 4.78 is 0. The molecule has 4 heteroatoms. The van der Waals surface area contributed by atoms with E-state index in [2.05, 4.69) is 37.7 Å². The second kappa shape index (κ2) is 8.63. The summed E-state index contributed by atoms with van der Waals surface area (Å²) in [6.45, 7) is 6.99. The molecule has 1 amide bonds. The zero-order valence-corrected chi connectivity index (χ0v) is 13.8. The molecule has 4 nitrogen and oxygen atoms in total. The summed E-state index contributed by atoms with van der Waals surface area (Å²) in [5, 5.41) is 0. The molecule has 2 N–H and O–H groups in total. The van der Waals surface area contributed by atoms with Crippen LogP contribution in [0, 0.1) is 11.8 Å². The van der Waals surface area contributed by atoms with Gasteiger partial charge in [0.1, 0.15) is 0 Å². The van der Waals surface area contributed by atoms with Crippen molar-refractivity contribution >= 4 is 5.91 Å². The molecule has 0 aromatic carbocycles. The van der Waals surface area contributed by atoms with Gasteiger partial charge >= 0.3 is 0 Å². The summed E-state index contributed by atoms with van der Waals surface area (Å²) >= 11 is 0. The second-order valence-corrected chi connectivity index (χ2v) is 6.58. The third-order valence-electron chi connectivity index (χ3n) is 4.63. The number of hydrogen-bond donors (Lipinski definition) is 1. The molecule has 1 fully saturated rings. The summed E-state index contributed by atoms with van der Waals surface area (Å²) in [6, 6.07) is 0.509. The average molecular weight is 283 g/mol. The van der Waals surface area contributed by atoms with Crippen LogP contribution in [-0.2, 0) is 4.79 Å². The number of rotatable bonds is 8. The molecule has 0 spiro atoms. The van der Waals surface area contributed by atoms with Gasteiger partial charge in [-0.15, -0.1) is 0 Å². The Bertz CT molecular complexity index is 287. The fourth-order valence-corrected chi connectivity index (χ4v) is 3.39. The van der Waals surface area contributed by atoms with E-state index in [-0.39, 0.29) is 0 Å². The highest BCUT2D eigenvalue weighted by Crippen LogP contribution is 2.23. The van der Waals surface area contributed by atoms with Gasteiger partial charge in [-0.3, -0.25) is 4.79 Å². The number of likely N-dealkylation sites (tertiary alicyclic amines) is 1. The van der Waals surface area contributed by atoms with Crippen molar-refractivity contribution in [3.05, 3.63) is 0 Å². The van der Waals surface area contributed by atoms with Crippen LogP contribution in [0.15, 0.2) is 0 Å². The van der Waals surface area contributed by atoms with Gasteiger partial charge in [0.2, 0.25) is 5.91 Å². The molecule has 0 radical (unpaired) electrons. The molecule has 1 heterocycles. The minimum absolute atomic E-state index is 0.333. The standard InChI is InChI=1S/C16H33N3O/c1-5-6-14(9-10-17)7-8-16(20)19-11-13(2)15(12-19)18(3)4/h13-15H,5-12,17H2,1-4H3. The molecule has 1 aliphatic rings. The molecular weight excluding hydrogens is 250 g/mol. The lowest BCUT2D eigenvalue weighted by atomic mass is 9.94. The average Bonchev–Trinajstić information content (AvgIpc) is 2.78. The fraction of sp³-hybridized carbons (Fsp3) is 0.938. The molecule has 0 aliphatic carbocycles. The van der Waals surface area contributed by atoms with Crippen LogP contribution in [0.25, 0.3) is 0 Å². The van der Waals surface area contributed by atoms with E-state index in [0.717, 1.165) is 32.5 Å². The molecule has 0 saturated carbocycles. The van der Waals surface area contributed by atoms with Gasteiger partial charge in [0.05, 0.1) is 0 Å². The predicted octanol–water partition coefficient (Wildman–Crippen LogP) is 1.94. The number of nitrogens with zero attached hydrogens (tertiary/aromatic N) is 2. The van der Waals surface area contributed by atoms with Crippen molar-refractivity contribution in [1.82, 2.24) is 9.80 Å². The van der Waals surface area contributed by atoms with Crippen LogP contribution >= 0.6 is 0 Å². The molecule has 20 heavy (non-hydrogen) atoms. The van der Waals surface area contributed by atoms with Gasteiger partial charge in [0, 0.05) is 25.6 Å². The van der Waals surface area contributed by atoms with Crippen molar-refractivity contribution in [3.8, 4) is 0 Å². The van der Waals surface area contributed by atoms with Crippen molar-refractivity contribution in [2.24, 2.45) is 17.6 Å². The third kappa shape index (κ3) is 5.06. The van der Waals surface area contributed by atoms with Gasteiger partial charge in [-0.05, 0) is 45.3 Å². The van der Waals surface area contributed by atoms with E-state index in [1.54, 1.807) is 0 Å². The molecule has 118 valence electrons. The molecule has 1 rings (SSSR count). The molecule has 1 aliphatic heterocycles. The van der Waals surface area contributed by atoms with Crippen LogP contribution in [0.4, 0.5) is 0 Å².